The molecule has 3 nitrogen and oxygen atoms in total. The SMILES string of the molecule is OP(O)O.[RbH]. The van der Waals surface area contributed by atoms with Crippen LogP contribution in [0.5, 0.6) is 0 Å². The fourth-order valence-corrected chi connectivity index (χ4v) is 0. The molecule has 0 unspecified atom stereocenters. The summed E-state index contributed by atoms with van der Waals surface area (Å²) in [7, 11) is -2.62. The molecule has 3 N–H and O–H groups in total. The van der Waals surface area contributed by atoms with Gasteiger partial charge in [0.1, 0.15) is 0 Å². The zero-order valence-corrected chi connectivity index (χ0v) is 2.68. The molecule has 0 aromatic rings. The third-order valence-corrected chi connectivity index (χ3v) is 0. The predicted molar refractivity (Wildman–Crippen MR) is 20.7 cm³/mol. The van der Waals surface area contributed by atoms with Crippen LogP contribution in [0.1, 0.15) is 0 Å². The molecule has 0 spiro atoms. The van der Waals surface area contributed by atoms with Gasteiger partial charge in [-0.1, -0.05) is 0 Å². The van der Waals surface area contributed by atoms with Crippen LogP contribution in [0, 0.1) is 0 Å². The van der Waals surface area contributed by atoms with Crippen molar-refractivity contribution < 1.29 is 14.7 Å². The Balaban J connectivity index is 0. The van der Waals surface area contributed by atoms with E-state index in [1.807, 2.05) is 0 Å². The third-order valence-electron chi connectivity index (χ3n) is 0. The van der Waals surface area contributed by atoms with Crippen LogP contribution in [0.4, 0.5) is 0 Å². The number of hydrogen-bond donors (Lipinski definition) is 3. The van der Waals surface area contributed by atoms with Gasteiger partial charge in [-0.3, -0.25) is 0 Å². The second-order valence-electron chi connectivity index (χ2n) is 0.268. The van der Waals surface area contributed by atoms with Crippen molar-refractivity contribution in [1.82, 2.24) is 0 Å². The molecule has 0 rings (SSSR count). The molecule has 0 amide bonds. The van der Waals surface area contributed by atoms with Gasteiger partial charge in [-0.2, -0.15) is 0 Å². The summed E-state index contributed by atoms with van der Waals surface area (Å²) >= 11 is 0. The Morgan fingerprint density at radius 3 is 1.00 bits per heavy atom. The van der Waals surface area contributed by atoms with Gasteiger partial charge in [0.25, 0.3) is 0 Å². The zero-order valence-electron chi connectivity index (χ0n) is 1.79. The Morgan fingerprint density at radius 2 is 1.00 bits per heavy atom. The monoisotopic (exact) mass is 168 g/mol. The van der Waals surface area contributed by atoms with Crippen LogP contribution in [-0.4, -0.2) is 72.9 Å². The van der Waals surface area contributed by atoms with Gasteiger partial charge in [0.05, 0.1) is 0 Å². The minimum absolute atomic E-state index is 0. The topological polar surface area (TPSA) is 60.7 Å². The Kier molecular flexibility index (Phi) is 12.4. The molecular formula is H4O3PRb. The summed E-state index contributed by atoms with van der Waals surface area (Å²) in [5.74, 6) is 0. The van der Waals surface area contributed by atoms with Crippen molar-refractivity contribution in [1.29, 1.82) is 0 Å². The quantitative estimate of drug-likeness (QED) is 0.388. The second kappa shape index (κ2) is 6.12. The van der Waals surface area contributed by atoms with Crippen molar-refractivity contribution in [3.63, 3.8) is 0 Å². The fourth-order valence-electron chi connectivity index (χ4n) is 0. The molecule has 0 aliphatic heterocycles. The Morgan fingerprint density at radius 1 is 1.00 bits per heavy atom. The maximum absolute atomic E-state index is 7.23. The molecule has 0 radical (unpaired) electrons. The van der Waals surface area contributed by atoms with Crippen molar-refractivity contribution in [3.8, 4) is 0 Å². The van der Waals surface area contributed by atoms with E-state index in [-0.39, 0.29) is 58.2 Å². The van der Waals surface area contributed by atoms with E-state index in [2.05, 4.69) is 0 Å². The van der Waals surface area contributed by atoms with E-state index in [4.69, 9.17) is 14.7 Å². The minimum atomic E-state index is -2.62. The van der Waals surface area contributed by atoms with Crippen molar-refractivity contribution in [2.45, 2.75) is 0 Å². The molecule has 0 saturated carbocycles. The van der Waals surface area contributed by atoms with Gasteiger partial charge < -0.3 is 14.7 Å². The van der Waals surface area contributed by atoms with E-state index in [1.165, 1.54) is 0 Å². The summed E-state index contributed by atoms with van der Waals surface area (Å²) in [6, 6.07) is 0. The van der Waals surface area contributed by atoms with Gasteiger partial charge in [0.15, 0.2) is 0 Å². The Labute approximate surface area is 79.8 Å². The molecule has 0 fully saturated rings. The summed E-state index contributed by atoms with van der Waals surface area (Å²) in [4.78, 5) is 21.7. The van der Waals surface area contributed by atoms with Gasteiger partial charge in [0, 0.05) is 0 Å². The van der Waals surface area contributed by atoms with Crippen LogP contribution in [0.3, 0.4) is 0 Å². The van der Waals surface area contributed by atoms with E-state index in [1.54, 1.807) is 0 Å². The molecule has 5 heteroatoms. The van der Waals surface area contributed by atoms with Crippen molar-refractivity contribution in [2.24, 2.45) is 0 Å². The molecule has 0 saturated heterocycles. The molecule has 5 heavy (non-hydrogen) atoms. The van der Waals surface area contributed by atoms with Gasteiger partial charge >= 0.3 is 66.8 Å². The molecule has 0 aromatic heterocycles. The van der Waals surface area contributed by atoms with E-state index in [0.29, 0.717) is 0 Å². The van der Waals surface area contributed by atoms with Crippen LogP contribution < -0.4 is 0 Å². The zero-order chi connectivity index (χ0) is 3.58. The van der Waals surface area contributed by atoms with Crippen LogP contribution >= 0.6 is 8.60 Å². The second-order valence-corrected chi connectivity index (χ2v) is 0.805. The first-order valence-corrected chi connectivity index (χ1v) is 1.80. The van der Waals surface area contributed by atoms with Crippen molar-refractivity contribution in [2.75, 3.05) is 0 Å². The average molecular weight is 168 g/mol. The van der Waals surface area contributed by atoms with Gasteiger partial charge in [-0.25, -0.2) is 0 Å². The predicted octanol–water partition coefficient (Wildman–Crippen LogP) is -1.46. The average Bonchev–Trinajstić information content (AvgIpc) is 0.811. The molecule has 0 aliphatic rings. The first-order valence-electron chi connectivity index (χ1n) is 0.600. The van der Waals surface area contributed by atoms with Crippen molar-refractivity contribution >= 4 is 66.8 Å². The summed E-state index contributed by atoms with van der Waals surface area (Å²) in [5, 5.41) is 0. The molecule has 0 aromatic carbocycles. The Hall–Kier alpha value is 2.12. The first-order chi connectivity index (χ1) is 1.73. The third kappa shape index (κ3) is 23.1. The summed E-state index contributed by atoms with van der Waals surface area (Å²) in [6.07, 6.45) is 0. The van der Waals surface area contributed by atoms with E-state index in [0.717, 1.165) is 0 Å². The standard InChI is InChI=1S/H3O3P.Rb.H/c1-4(2)3;;/h1-3H;;. The first kappa shape index (κ1) is 10.2. The molecule has 0 atom stereocenters. The van der Waals surface area contributed by atoms with Crippen molar-refractivity contribution in [3.05, 3.63) is 0 Å². The summed E-state index contributed by atoms with van der Waals surface area (Å²) < 4.78 is 0. The fraction of sp³-hybridized carbons (Fsp3) is 0. The van der Waals surface area contributed by atoms with Gasteiger partial charge in [-0.15, -0.1) is 0 Å². The van der Waals surface area contributed by atoms with E-state index < -0.39 is 8.60 Å². The normalized spacial score (nSPS) is 7.20. The van der Waals surface area contributed by atoms with E-state index in [9.17, 15) is 0 Å². The van der Waals surface area contributed by atoms with Crippen LogP contribution in [0.25, 0.3) is 0 Å². The molecule has 0 heterocycles. The van der Waals surface area contributed by atoms with E-state index >= 15 is 0 Å². The summed E-state index contributed by atoms with van der Waals surface area (Å²) in [5.41, 5.74) is 0. The Bertz CT molecular complexity index is 11.6. The maximum atomic E-state index is 7.23. The van der Waals surface area contributed by atoms with Crippen LogP contribution in [0.2, 0.25) is 0 Å². The molecule has 28 valence electrons. The molecule has 0 aliphatic carbocycles. The van der Waals surface area contributed by atoms with Crippen LogP contribution in [-0.2, 0) is 0 Å². The van der Waals surface area contributed by atoms with Crippen LogP contribution in [0.15, 0.2) is 0 Å². The molecule has 0 bridgehead atoms. The van der Waals surface area contributed by atoms with Gasteiger partial charge in [-0.05, 0) is 0 Å². The summed E-state index contributed by atoms with van der Waals surface area (Å²) in [6.45, 7) is 0. The van der Waals surface area contributed by atoms with Gasteiger partial charge in [0.2, 0.25) is 0 Å². The number of hydrogen-bond acceptors (Lipinski definition) is 3. The molecular weight excluding hydrogens is 164 g/mol. The number of rotatable bonds is 0.